The third kappa shape index (κ3) is 3.24. The van der Waals surface area contributed by atoms with Crippen LogP contribution in [-0.2, 0) is 11.3 Å². The van der Waals surface area contributed by atoms with Crippen molar-refractivity contribution in [3.05, 3.63) is 57.0 Å². The van der Waals surface area contributed by atoms with E-state index >= 15 is 0 Å². The third-order valence-corrected chi connectivity index (χ3v) is 4.37. The van der Waals surface area contributed by atoms with Gasteiger partial charge < -0.3 is 5.32 Å². The lowest BCUT2D eigenvalue weighted by atomic mass is 10.2. The Morgan fingerprint density at radius 1 is 1.30 bits per heavy atom. The van der Waals surface area contributed by atoms with Crippen LogP contribution in [0.15, 0.2) is 30.0 Å². The highest BCUT2D eigenvalue weighted by Crippen LogP contribution is 2.25. The number of nitrogens with one attached hydrogen (secondary N) is 2. The normalized spacial score (nSPS) is 15.9. The number of hydrogen-bond donors (Lipinski definition) is 2. The Labute approximate surface area is 148 Å². The number of aryl methyl sites for hydroxylation is 1. The molecule has 1 saturated heterocycles. The summed E-state index contributed by atoms with van der Waals surface area (Å²) in [6, 6.07) is 7.50. The number of hydrogen-bond acceptors (Lipinski definition) is 3. The first-order valence-corrected chi connectivity index (χ1v) is 7.92. The molecule has 2 N–H and O–H groups in total. The Morgan fingerprint density at radius 3 is 2.70 bits per heavy atom. The minimum atomic E-state index is -0.288. The summed E-state index contributed by atoms with van der Waals surface area (Å²) in [4.78, 5) is 11.7. The smallest absolute Gasteiger partial charge is 0.273 e. The molecule has 1 aliphatic rings. The molecule has 3 rings (SSSR count). The molecule has 0 atom stereocenters. The largest absolute Gasteiger partial charge is 0.328 e. The van der Waals surface area contributed by atoms with Crippen LogP contribution in [0, 0.1) is 6.92 Å². The van der Waals surface area contributed by atoms with E-state index in [0.717, 1.165) is 5.56 Å². The summed E-state index contributed by atoms with van der Waals surface area (Å²) >= 11 is 17.5. The Morgan fingerprint density at radius 2 is 2.04 bits per heavy atom. The van der Waals surface area contributed by atoms with E-state index in [0.29, 0.717) is 33.7 Å². The molecule has 1 aromatic heterocycles. The summed E-state index contributed by atoms with van der Waals surface area (Å²) in [5.41, 5.74) is 2.64. The van der Waals surface area contributed by atoms with Crippen molar-refractivity contribution in [2.24, 2.45) is 0 Å². The maximum absolute atomic E-state index is 11.7. The van der Waals surface area contributed by atoms with Crippen molar-refractivity contribution in [3.63, 3.8) is 0 Å². The molecule has 8 heteroatoms. The van der Waals surface area contributed by atoms with Gasteiger partial charge >= 0.3 is 0 Å². The fourth-order valence-corrected chi connectivity index (χ4v) is 2.94. The van der Waals surface area contributed by atoms with E-state index in [4.69, 9.17) is 35.4 Å². The zero-order valence-electron chi connectivity index (χ0n) is 12.1. The predicted octanol–water partition coefficient (Wildman–Crippen LogP) is 2.89. The van der Waals surface area contributed by atoms with Crippen LogP contribution in [-0.4, -0.2) is 20.8 Å². The van der Waals surface area contributed by atoms with Crippen LogP contribution in [0.2, 0.25) is 10.2 Å². The number of carbonyl (C=O) groups is 1. The van der Waals surface area contributed by atoms with Gasteiger partial charge in [-0.05, 0) is 36.8 Å². The van der Waals surface area contributed by atoms with Gasteiger partial charge in [-0.2, -0.15) is 5.10 Å². The van der Waals surface area contributed by atoms with E-state index in [1.54, 1.807) is 10.8 Å². The second-order valence-electron chi connectivity index (χ2n) is 5.01. The highest BCUT2D eigenvalue weighted by molar-refractivity contribution is 7.80. The van der Waals surface area contributed by atoms with Crippen LogP contribution >= 0.6 is 35.4 Å². The molecule has 0 spiro atoms. The van der Waals surface area contributed by atoms with Gasteiger partial charge in [-0.15, -0.1) is 0 Å². The number of rotatable bonds is 3. The van der Waals surface area contributed by atoms with Crippen LogP contribution in [0.3, 0.4) is 0 Å². The van der Waals surface area contributed by atoms with Gasteiger partial charge in [0.05, 0.1) is 12.2 Å². The summed E-state index contributed by atoms with van der Waals surface area (Å²) in [5, 5.41) is 11.1. The third-order valence-electron chi connectivity index (χ3n) is 3.40. The molecule has 2 heterocycles. The minimum absolute atomic E-state index is 0.276. The van der Waals surface area contributed by atoms with Crippen LogP contribution in [0.25, 0.3) is 6.08 Å². The first-order chi connectivity index (χ1) is 11.0. The molecule has 0 radical (unpaired) electrons. The van der Waals surface area contributed by atoms with Crippen LogP contribution in [0.4, 0.5) is 0 Å². The van der Waals surface area contributed by atoms with Gasteiger partial charge in [0.1, 0.15) is 10.9 Å². The lowest BCUT2D eigenvalue weighted by Crippen LogP contribution is -2.21. The van der Waals surface area contributed by atoms with Gasteiger partial charge in [0.2, 0.25) is 0 Å². The maximum atomic E-state index is 11.7. The van der Waals surface area contributed by atoms with Crippen LogP contribution < -0.4 is 10.6 Å². The van der Waals surface area contributed by atoms with Gasteiger partial charge in [0, 0.05) is 10.6 Å². The Hall–Kier alpha value is -1.89. The standard InChI is InChI=1S/C15H12Cl2N4OS/c1-8-10(6-12-14(22)19-15(23)18-12)13(17)21(20-8)7-9-4-2-3-5-11(9)16/h2-6H,7H2,1H3,(H2,18,19,22,23)/b12-6-. The molecule has 1 fully saturated rings. The van der Waals surface area contributed by atoms with E-state index < -0.39 is 0 Å². The van der Waals surface area contributed by atoms with E-state index in [9.17, 15) is 4.79 Å². The summed E-state index contributed by atoms with van der Waals surface area (Å²) in [6.07, 6.45) is 1.64. The highest BCUT2D eigenvalue weighted by Gasteiger charge is 2.22. The molecule has 1 amide bonds. The average Bonchev–Trinajstić information content (AvgIpc) is 2.95. The summed E-state index contributed by atoms with van der Waals surface area (Å²) in [6.45, 7) is 2.27. The Kier molecular flexibility index (Phi) is 4.39. The zero-order valence-corrected chi connectivity index (χ0v) is 14.4. The zero-order chi connectivity index (χ0) is 16.6. The second-order valence-corrected chi connectivity index (χ2v) is 6.18. The summed E-state index contributed by atoms with van der Waals surface area (Å²) in [5.74, 6) is -0.288. The summed E-state index contributed by atoms with van der Waals surface area (Å²) < 4.78 is 1.65. The van der Waals surface area contributed by atoms with Crippen molar-refractivity contribution >= 4 is 52.5 Å². The molecule has 1 aliphatic heterocycles. The van der Waals surface area contributed by atoms with Crippen LogP contribution in [0.5, 0.6) is 0 Å². The van der Waals surface area contributed by atoms with E-state index in [2.05, 4.69) is 15.7 Å². The number of amides is 1. The molecule has 0 saturated carbocycles. The van der Waals surface area contributed by atoms with Crippen molar-refractivity contribution in [2.75, 3.05) is 0 Å². The monoisotopic (exact) mass is 366 g/mol. The fourth-order valence-electron chi connectivity index (χ4n) is 2.25. The molecule has 0 unspecified atom stereocenters. The molecular weight excluding hydrogens is 355 g/mol. The summed E-state index contributed by atoms with van der Waals surface area (Å²) in [7, 11) is 0. The molecule has 2 aromatic rings. The first kappa shape index (κ1) is 16.0. The average molecular weight is 367 g/mol. The molecule has 23 heavy (non-hydrogen) atoms. The molecule has 5 nitrogen and oxygen atoms in total. The predicted molar refractivity (Wildman–Crippen MR) is 94.4 cm³/mol. The van der Waals surface area contributed by atoms with Crippen LogP contribution in [0.1, 0.15) is 16.8 Å². The fraction of sp³-hybridized carbons (Fsp3) is 0.133. The van der Waals surface area contributed by atoms with E-state index in [1.807, 2.05) is 31.2 Å². The first-order valence-electron chi connectivity index (χ1n) is 6.76. The number of aromatic nitrogens is 2. The van der Waals surface area contributed by atoms with Gasteiger partial charge in [-0.3, -0.25) is 10.1 Å². The number of carbonyl (C=O) groups excluding carboxylic acids is 1. The van der Waals surface area contributed by atoms with Gasteiger partial charge in [0.25, 0.3) is 5.91 Å². The molecule has 118 valence electrons. The van der Waals surface area contributed by atoms with Gasteiger partial charge in [0.15, 0.2) is 5.11 Å². The lowest BCUT2D eigenvalue weighted by Gasteiger charge is -2.05. The Bertz CT molecular complexity index is 844. The Balaban J connectivity index is 1.94. The maximum Gasteiger partial charge on any atom is 0.273 e. The molecule has 0 bridgehead atoms. The van der Waals surface area contributed by atoms with Crippen molar-refractivity contribution in [1.29, 1.82) is 0 Å². The second kappa shape index (κ2) is 6.31. The van der Waals surface area contributed by atoms with E-state index in [1.165, 1.54) is 0 Å². The van der Waals surface area contributed by atoms with E-state index in [-0.39, 0.29) is 11.0 Å². The van der Waals surface area contributed by atoms with Crippen molar-refractivity contribution in [3.8, 4) is 0 Å². The SMILES string of the molecule is Cc1nn(Cc2ccccc2Cl)c(Cl)c1/C=C1\NC(=S)NC1=O. The lowest BCUT2D eigenvalue weighted by molar-refractivity contribution is -0.115. The number of thiocarbonyl (C=S) groups is 1. The van der Waals surface area contributed by atoms with Gasteiger partial charge in [-0.25, -0.2) is 4.68 Å². The number of halogens is 2. The molecular formula is C15H12Cl2N4OS. The van der Waals surface area contributed by atoms with Crippen molar-refractivity contribution in [2.45, 2.75) is 13.5 Å². The topological polar surface area (TPSA) is 59.0 Å². The van der Waals surface area contributed by atoms with Crippen molar-refractivity contribution < 1.29 is 4.79 Å². The van der Waals surface area contributed by atoms with Crippen molar-refractivity contribution in [1.82, 2.24) is 20.4 Å². The minimum Gasteiger partial charge on any atom is -0.328 e. The number of nitrogens with zero attached hydrogens (tertiary/aromatic N) is 2. The highest BCUT2D eigenvalue weighted by atomic mass is 35.5. The quantitative estimate of drug-likeness (QED) is 0.647. The van der Waals surface area contributed by atoms with Gasteiger partial charge in [-0.1, -0.05) is 41.4 Å². The molecule has 0 aliphatic carbocycles. The number of benzene rings is 1. The molecule has 1 aromatic carbocycles.